The molecule has 6 nitrogen and oxygen atoms in total. The predicted molar refractivity (Wildman–Crippen MR) is 181 cm³/mol. The van der Waals surface area contributed by atoms with Gasteiger partial charge in [-0.25, -0.2) is 9.97 Å². The summed E-state index contributed by atoms with van der Waals surface area (Å²) < 4.78 is 22.5. The Balaban J connectivity index is 1.66. The Hall–Kier alpha value is -4.93. The molecule has 44 heavy (non-hydrogen) atoms. The maximum atomic E-state index is 5.68. The van der Waals surface area contributed by atoms with E-state index in [1.807, 2.05) is 30.3 Å². The number of nitrogens with zero attached hydrogens (tertiary/aromatic N) is 2. The van der Waals surface area contributed by atoms with Gasteiger partial charge in [-0.1, -0.05) is 48.5 Å². The molecule has 0 aliphatic carbocycles. The standard InChI is InChI=1S/C37H34N2O4P/c1-40-31-21-20-25(22-32(31)41-2)36-29-23-33(42-3)34(43-4)24-30(29)38-37(39-36)28-18-12-13-19-35(28)44(5,26-14-8-6-9-15-26)27-16-10-7-11-17-27/h6-24H,1-5H3/q+1. The zero-order chi connectivity index (χ0) is 30.7. The number of fused-ring (bicyclic) bond motifs is 1. The Kier molecular flexibility index (Phi) is 8.19. The number of rotatable bonds is 9. The van der Waals surface area contributed by atoms with Gasteiger partial charge >= 0.3 is 0 Å². The van der Waals surface area contributed by atoms with Crippen LogP contribution in [0, 0.1) is 0 Å². The molecule has 220 valence electrons. The second-order valence-electron chi connectivity index (χ2n) is 10.4. The monoisotopic (exact) mass is 601 g/mol. The topological polar surface area (TPSA) is 62.7 Å². The number of methoxy groups -OCH3 is 4. The van der Waals surface area contributed by atoms with Crippen molar-refractivity contribution < 1.29 is 18.9 Å². The van der Waals surface area contributed by atoms with Crippen LogP contribution in [0.2, 0.25) is 0 Å². The van der Waals surface area contributed by atoms with Crippen LogP contribution >= 0.6 is 7.26 Å². The maximum Gasteiger partial charge on any atom is 0.164 e. The summed E-state index contributed by atoms with van der Waals surface area (Å²) in [7, 11) is 4.43. The molecule has 0 aliphatic rings. The summed E-state index contributed by atoms with van der Waals surface area (Å²) in [4.78, 5) is 10.4. The van der Waals surface area contributed by atoms with Gasteiger partial charge in [-0.05, 0) is 60.7 Å². The average molecular weight is 602 g/mol. The van der Waals surface area contributed by atoms with Crippen LogP contribution in [0.3, 0.4) is 0 Å². The normalized spacial score (nSPS) is 11.3. The van der Waals surface area contributed by atoms with Gasteiger partial charge in [0.05, 0.1) is 51.9 Å². The van der Waals surface area contributed by atoms with Crippen molar-refractivity contribution in [1.82, 2.24) is 9.97 Å². The molecule has 0 fully saturated rings. The Bertz CT molecular complexity index is 1890. The molecule has 6 aromatic rings. The van der Waals surface area contributed by atoms with Crippen molar-refractivity contribution in [3.05, 3.63) is 115 Å². The lowest BCUT2D eigenvalue weighted by atomic mass is 10.0. The highest BCUT2D eigenvalue weighted by Crippen LogP contribution is 2.53. The van der Waals surface area contributed by atoms with E-state index in [2.05, 4.69) is 91.6 Å². The zero-order valence-electron chi connectivity index (χ0n) is 25.4. The molecule has 0 saturated carbocycles. The second kappa shape index (κ2) is 12.4. The first kappa shape index (κ1) is 29.2. The number of ether oxygens (including phenoxy) is 4. The lowest BCUT2D eigenvalue weighted by molar-refractivity contribution is 0.355. The van der Waals surface area contributed by atoms with E-state index in [9.17, 15) is 0 Å². The first-order valence-electron chi connectivity index (χ1n) is 14.3. The van der Waals surface area contributed by atoms with Gasteiger partial charge in [-0.2, -0.15) is 0 Å². The van der Waals surface area contributed by atoms with Crippen LogP contribution in [-0.2, 0) is 0 Å². The van der Waals surface area contributed by atoms with Crippen LogP contribution < -0.4 is 34.9 Å². The molecule has 0 saturated heterocycles. The summed E-state index contributed by atoms with van der Waals surface area (Å²) in [5.74, 6) is 3.09. The highest BCUT2D eigenvalue weighted by molar-refractivity contribution is 7.95. The Morgan fingerprint density at radius 2 is 1.07 bits per heavy atom. The van der Waals surface area contributed by atoms with E-state index in [-0.39, 0.29) is 0 Å². The van der Waals surface area contributed by atoms with Crippen molar-refractivity contribution in [3.63, 3.8) is 0 Å². The summed E-state index contributed by atoms with van der Waals surface area (Å²) in [6, 6.07) is 39.7. The fraction of sp³-hybridized carbons (Fsp3) is 0.135. The predicted octanol–water partition coefficient (Wildman–Crippen LogP) is 6.92. The minimum atomic E-state index is -2.09. The number of aromatic nitrogens is 2. The summed E-state index contributed by atoms with van der Waals surface area (Å²) in [6.07, 6.45) is 0. The third-order valence-electron chi connectivity index (χ3n) is 8.03. The van der Waals surface area contributed by atoms with E-state index >= 15 is 0 Å². The van der Waals surface area contributed by atoms with Gasteiger partial charge in [-0.3, -0.25) is 0 Å². The lowest BCUT2D eigenvalue weighted by Crippen LogP contribution is -2.31. The molecular weight excluding hydrogens is 567 g/mol. The van der Waals surface area contributed by atoms with Crippen molar-refractivity contribution in [2.24, 2.45) is 0 Å². The Morgan fingerprint density at radius 1 is 0.523 bits per heavy atom. The van der Waals surface area contributed by atoms with Crippen LogP contribution in [0.15, 0.2) is 115 Å². The SMILES string of the molecule is COc1ccc(-c2nc(-c3ccccc3[P+](C)(c3ccccc3)c3ccccc3)nc3cc(OC)c(OC)cc23)cc1OC. The highest BCUT2D eigenvalue weighted by Gasteiger charge is 2.42. The minimum Gasteiger partial charge on any atom is -0.493 e. The maximum absolute atomic E-state index is 5.68. The van der Waals surface area contributed by atoms with Crippen molar-refractivity contribution >= 4 is 34.1 Å². The van der Waals surface area contributed by atoms with Crippen molar-refractivity contribution in [2.45, 2.75) is 0 Å². The molecule has 0 amide bonds. The fourth-order valence-corrected chi connectivity index (χ4v) is 9.14. The quantitative estimate of drug-likeness (QED) is 0.168. The molecule has 1 aromatic heterocycles. The first-order chi connectivity index (χ1) is 21.5. The largest absolute Gasteiger partial charge is 0.493 e. The summed E-state index contributed by atoms with van der Waals surface area (Å²) >= 11 is 0. The molecule has 0 spiro atoms. The molecule has 0 unspecified atom stereocenters. The zero-order valence-corrected chi connectivity index (χ0v) is 26.3. The van der Waals surface area contributed by atoms with Crippen LogP contribution in [0.25, 0.3) is 33.5 Å². The Labute approximate surface area is 258 Å². The van der Waals surface area contributed by atoms with E-state index in [0.29, 0.717) is 28.8 Å². The van der Waals surface area contributed by atoms with E-state index in [1.54, 1.807) is 28.4 Å². The van der Waals surface area contributed by atoms with E-state index in [4.69, 9.17) is 28.9 Å². The molecule has 7 heteroatoms. The van der Waals surface area contributed by atoms with Gasteiger partial charge in [0.2, 0.25) is 0 Å². The Morgan fingerprint density at radius 3 is 1.68 bits per heavy atom. The second-order valence-corrected chi connectivity index (χ2v) is 13.9. The molecule has 0 aliphatic heterocycles. The van der Waals surface area contributed by atoms with Gasteiger partial charge in [0.25, 0.3) is 0 Å². The molecule has 0 atom stereocenters. The third kappa shape index (κ3) is 5.12. The molecule has 6 rings (SSSR count). The summed E-state index contributed by atoms with van der Waals surface area (Å²) in [6.45, 7) is 2.38. The van der Waals surface area contributed by atoms with Gasteiger partial charge in [-0.15, -0.1) is 0 Å². The van der Waals surface area contributed by atoms with Gasteiger partial charge in [0, 0.05) is 17.0 Å². The summed E-state index contributed by atoms with van der Waals surface area (Å²) in [5, 5.41) is 4.60. The third-order valence-corrected chi connectivity index (χ3v) is 12.0. The number of hydrogen-bond donors (Lipinski definition) is 0. The van der Waals surface area contributed by atoms with Crippen molar-refractivity contribution in [2.75, 3.05) is 35.1 Å². The molecule has 5 aromatic carbocycles. The van der Waals surface area contributed by atoms with Gasteiger partial charge in [0.1, 0.15) is 23.2 Å². The molecule has 1 heterocycles. The molecule has 0 bridgehead atoms. The molecule has 0 N–H and O–H groups in total. The highest BCUT2D eigenvalue weighted by atomic mass is 31.2. The van der Waals surface area contributed by atoms with E-state index < -0.39 is 7.26 Å². The van der Waals surface area contributed by atoms with Crippen LogP contribution in [0.5, 0.6) is 23.0 Å². The molecular formula is C37H34N2O4P+. The van der Waals surface area contributed by atoms with Crippen LogP contribution in [0.1, 0.15) is 0 Å². The van der Waals surface area contributed by atoms with Crippen molar-refractivity contribution in [3.8, 4) is 45.6 Å². The minimum absolute atomic E-state index is 0.599. The smallest absolute Gasteiger partial charge is 0.164 e. The van der Waals surface area contributed by atoms with Gasteiger partial charge < -0.3 is 18.9 Å². The average Bonchev–Trinajstić information content (AvgIpc) is 3.10. The number of hydrogen-bond acceptors (Lipinski definition) is 6. The number of benzene rings is 5. The van der Waals surface area contributed by atoms with E-state index in [1.165, 1.54) is 15.9 Å². The van der Waals surface area contributed by atoms with Crippen molar-refractivity contribution in [1.29, 1.82) is 0 Å². The first-order valence-corrected chi connectivity index (χ1v) is 16.5. The van der Waals surface area contributed by atoms with E-state index in [0.717, 1.165) is 27.7 Å². The van der Waals surface area contributed by atoms with Crippen LogP contribution in [0.4, 0.5) is 0 Å². The molecule has 0 radical (unpaired) electrons. The summed E-state index contributed by atoms with van der Waals surface area (Å²) in [5.41, 5.74) is 3.34. The fourth-order valence-electron chi connectivity index (χ4n) is 5.71. The lowest BCUT2D eigenvalue weighted by Gasteiger charge is -2.25. The van der Waals surface area contributed by atoms with Gasteiger partial charge in [0.15, 0.2) is 28.8 Å². The van der Waals surface area contributed by atoms with Crippen LogP contribution in [-0.4, -0.2) is 45.1 Å².